The van der Waals surface area contributed by atoms with Gasteiger partial charge in [0, 0.05) is 17.5 Å². The van der Waals surface area contributed by atoms with Crippen LogP contribution in [0.4, 0.5) is 20.7 Å². The van der Waals surface area contributed by atoms with Crippen LogP contribution in [-0.4, -0.2) is 63.4 Å². The normalized spacial score (nSPS) is 18.5. The zero-order chi connectivity index (χ0) is 26.8. The van der Waals surface area contributed by atoms with Gasteiger partial charge in [-0.25, -0.2) is 9.18 Å². The maximum absolute atomic E-state index is 15.1. The van der Waals surface area contributed by atoms with Crippen LogP contribution in [0.1, 0.15) is 12.6 Å². The van der Waals surface area contributed by atoms with Gasteiger partial charge in [-0.05, 0) is 35.3 Å². The number of benzene rings is 1. The Balaban J connectivity index is 1.22. The number of halogens is 1. The molecule has 1 fully saturated rings. The third-order valence-corrected chi connectivity index (χ3v) is 5.98. The third kappa shape index (κ3) is 5.39. The van der Waals surface area contributed by atoms with Gasteiger partial charge in [0.25, 0.3) is 0 Å². The molecule has 0 spiro atoms. The number of nitrogens with one attached hydrogen (secondary N) is 1. The van der Waals surface area contributed by atoms with E-state index in [0.717, 1.165) is 0 Å². The molecule has 1 aromatic carbocycles. The minimum absolute atomic E-state index is 0.114. The number of hydrogen-bond donors (Lipinski definition) is 1. The van der Waals surface area contributed by atoms with Crippen molar-refractivity contribution >= 4 is 23.5 Å². The number of imidazole rings is 1. The summed E-state index contributed by atoms with van der Waals surface area (Å²) in [4.78, 5) is 43.3. The fourth-order valence-electron chi connectivity index (χ4n) is 4.15. The molecule has 38 heavy (non-hydrogen) atoms. The minimum atomic E-state index is -0.617. The average Bonchev–Trinajstić information content (AvgIpc) is 3.49. The van der Waals surface area contributed by atoms with Gasteiger partial charge in [0.15, 0.2) is 0 Å². The maximum Gasteiger partial charge on any atom is 0.414 e. The second kappa shape index (κ2) is 10.4. The molecule has 2 aliphatic heterocycles. The first-order valence-electron chi connectivity index (χ1n) is 11.7. The van der Waals surface area contributed by atoms with E-state index < -0.39 is 22.9 Å². The van der Waals surface area contributed by atoms with Crippen molar-refractivity contribution in [2.24, 2.45) is 0 Å². The molecule has 3 aromatic rings. The van der Waals surface area contributed by atoms with Crippen LogP contribution in [0, 0.1) is 15.9 Å². The second-order valence-electron chi connectivity index (χ2n) is 8.77. The van der Waals surface area contributed by atoms with Gasteiger partial charge < -0.3 is 29.6 Å². The van der Waals surface area contributed by atoms with Gasteiger partial charge in [-0.2, -0.15) is 0 Å². The zero-order valence-corrected chi connectivity index (χ0v) is 20.2. The Hall–Kier alpha value is -4.59. The lowest BCUT2D eigenvalue weighted by Gasteiger charge is -2.22. The SMILES string of the molecule is CC(=O)NC[C@H]1CN(c2ccc(-c3cccc(CO[C@@H]4COc5nc([N+](=O)[O-])cn5C4)n3)c(F)c2)C(=O)O1. The first-order chi connectivity index (χ1) is 18.3. The summed E-state index contributed by atoms with van der Waals surface area (Å²) in [7, 11) is 0. The first kappa shape index (κ1) is 25.1. The van der Waals surface area contributed by atoms with Gasteiger partial charge >= 0.3 is 17.9 Å². The van der Waals surface area contributed by atoms with Gasteiger partial charge in [0.2, 0.25) is 5.91 Å². The van der Waals surface area contributed by atoms with Crippen molar-refractivity contribution in [1.82, 2.24) is 19.9 Å². The fraction of sp³-hybridized carbons (Fsp3) is 0.333. The summed E-state index contributed by atoms with van der Waals surface area (Å²) in [5, 5.41) is 13.5. The van der Waals surface area contributed by atoms with E-state index in [-0.39, 0.29) is 55.7 Å². The van der Waals surface area contributed by atoms with Crippen molar-refractivity contribution in [2.75, 3.05) is 24.6 Å². The lowest BCUT2D eigenvalue weighted by molar-refractivity contribution is -0.389. The Bertz CT molecular complexity index is 1400. The molecule has 0 saturated carbocycles. The molecule has 0 aliphatic carbocycles. The number of anilines is 1. The van der Waals surface area contributed by atoms with Crippen molar-refractivity contribution in [1.29, 1.82) is 0 Å². The predicted octanol–water partition coefficient (Wildman–Crippen LogP) is 2.43. The van der Waals surface area contributed by atoms with E-state index in [1.807, 2.05) is 0 Å². The summed E-state index contributed by atoms with van der Waals surface area (Å²) in [5.41, 5.74) is 1.51. The van der Waals surface area contributed by atoms with Gasteiger partial charge in [-0.3, -0.25) is 19.2 Å². The standard InChI is InChI=1S/C24H23FN6O7/c1-14(32)26-8-17-10-30(24(33)38-17)16-5-6-19(20(25)7-16)21-4-2-3-15(27-21)12-36-18-9-29-11-22(31(34)35)28-23(29)37-13-18/h2-7,11,17-18H,8-10,12-13H2,1H3,(H,26,32)/t17-,18-/m0/s1. The number of rotatable bonds is 8. The van der Waals surface area contributed by atoms with Crippen LogP contribution in [0.5, 0.6) is 6.01 Å². The van der Waals surface area contributed by atoms with Gasteiger partial charge in [0.05, 0.1) is 43.3 Å². The highest BCUT2D eigenvalue weighted by Gasteiger charge is 2.33. The third-order valence-electron chi connectivity index (χ3n) is 5.98. The highest BCUT2D eigenvalue weighted by Crippen LogP contribution is 2.29. The number of fused-ring (bicyclic) bond motifs is 1. The Morgan fingerprint density at radius 2 is 2.13 bits per heavy atom. The van der Waals surface area contributed by atoms with Crippen LogP contribution < -0.4 is 15.0 Å². The molecule has 4 heterocycles. The van der Waals surface area contributed by atoms with Crippen molar-refractivity contribution in [3.8, 4) is 17.3 Å². The Kier molecular flexibility index (Phi) is 6.87. The summed E-state index contributed by atoms with van der Waals surface area (Å²) in [6, 6.07) is 9.68. The van der Waals surface area contributed by atoms with Gasteiger partial charge in [-0.15, -0.1) is 0 Å². The highest BCUT2D eigenvalue weighted by atomic mass is 19.1. The number of carbonyl (C=O) groups is 2. The zero-order valence-electron chi connectivity index (χ0n) is 20.2. The largest absolute Gasteiger partial charge is 0.443 e. The van der Waals surface area contributed by atoms with E-state index in [1.54, 1.807) is 24.3 Å². The van der Waals surface area contributed by atoms with E-state index >= 15 is 4.39 Å². The van der Waals surface area contributed by atoms with Crippen LogP contribution in [0.25, 0.3) is 11.3 Å². The number of pyridine rings is 1. The Morgan fingerprint density at radius 3 is 2.89 bits per heavy atom. The number of nitro groups is 1. The molecular formula is C24H23FN6O7. The average molecular weight is 526 g/mol. The van der Waals surface area contributed by atoms with Crippen molar-refractivity contribution in [3.63, 3.8) is 0 Å². The molecule has 14 heteroatoms. The maximum atomic E-state index is 15.1. The van der Waals surface area contributed by atoms with Crippen LogP contribution >= 0.6 is 0 Å². The summed E-state index contributed by atoms with van der Waals surface area (Å²) in [6.07, 6.45) is -0.236. The topological polar surface area (TPSA) is 151 Å². The van der Waals surface area contributed by atoms with E-state index in [2.05, 4.69) is 15.3 Å². The number of nitrogens with zero attached hydrogens (tertiary/aromatic N) is 5. The Morgan fingerprint density at radius 1 is 1.29 bits per heavy atom. The molecule has 2 atom stereocenters. The monoisotopic (exact) mass is 526 g/mol. The second-order valence-corrected chi connectivity index (χ2v) is 8.77. The number of cyclic esters (lactones) is 1. The molecule has 2 aliphatic rings. The number of hydrogen-bond acceptors (Lipinski definition) is 9. The molecule has 5 rings (SSSR count). The molecule has 0 radical (unpaired) electrons. The summed E-state index contributed by atoms with van der Waals surface area (Å²) in [6.45, 7) is 2.34. The van der Waals surface area contributed by atoms with Crippen molar-refractivity contribution in [2.45, 2.75) is 32.3 Å². The minimum Gasteiger partial charge on any atom is -0.443 e. The molecule has 1 N–H and O–H groups in total. The predicted molar refractivity (Wildman–Crippen MR) is 129 cm³/mol. The molecular weight excluding hydrogens is 503 g/mol. The van der Waals surface area contributed by atoms with Gasteiger partial charge in [-0.1, -0.05) is 6.07 Å². The van der Waals surface area contributed by atoms with Crippen LogP contribution in [0.15, 0.2) is 42.6 Å². The van der Waals surface area contributed by atoms with E-state index in [0.29, 0.717) is 23.6 Å². The lowest BCUT2D eigenvalue weighted by atomic mass is 10.1. The van der Waals surface area contributed by atoms with E-state index in [9.17, 15) is 19.7 Å². The number of aromatic nitrogens is 3. The number of carbonyl (C=O) groups excluding carboxylic acids is 2. The van der Waals surface area contributed by atoms with Crippen molar-refractivity contribution in [3.05, 3.63) is 64.2 Å². The van der Waals surface area contributed by atoms with Crippen LogP contribution in [0.2, 0.25) is 0 Å². The smallest absolute Gasteiger partial charge is 0.414 e. The summed E-state index contributed by atoms with van der Waals surface area (Å²) in [5.74, 6) is -1.10. The summed E-state index contributed by atoms with van der Waals surface area (Å²) < 4.78 is 33.2. The first-order valence-corrected chi connectivity index (χ1v) is 11.7. The van der Waals surface area contributed by atoms with Gasteiger partial charge in [0.1, 0.15) is 30.8 Å². The molecule has 2 amide bonds. The molecule has 1 saturated heterocycles. The fourth-order valence-corrected chi connectivity index (χ4v) is 4.15. The summed E-state index contributed by atoms with van der Waals surface area (Å²) >= 11 is 0. The van der Waals surface area contributed by atoms with Crippen LogP contribution in [0.3, 0.4) is 0 Å². The molecule has 13 nitrogen and oxygen atoms in total. The number of ether oxygens (including phenoxy) is 3. The highest BCUT2D eigenvalue weighted by molar-refractivity contribution is 5.90. The van der Waals surface area contributed by atoms with Crippen LogP contribution in [-0.2, 0) is 27.4 Å². The lowest BCUT2D eigenvalue weighted by Crippen LogP contribution is -2.33. The van der Waals surface area contributed by atoms with E-state index in [1.165, 1.54) is 34.7 Å². The Labute approximate surface area is 215 Å². The number of amides is 2. The molecule has 0 bridgehead atoms. The van der Waals surface area contributed by atoms with Crippen molar-refractivity contribution < 1.29 is 33.1 Å². The molecule has 198 valence electrons. The molecule has 0 unspecified atom stereocenters. The molecule has 2 aromatic heterocycles. The van der Waals surface area contributed by atoms with E-state index in [4.69, 9.17) is 14.2 Å². The quantitative estimate of drug-likeness (QED) is 0.345.